The molecule has 1 amide bonds. The molecule has 0 bridgehead atoms. The summed E-state index contributed by atoms with van der Waals surface area (Å²) in [7, 11) is 0.825. The summed E-state index contributed by atoms with van der Waals surface area (Å²) in [4.78, 5) is 23.8. The van der Waals surface area contributed by atoms with Crippen LogP contribution < -0.4 is 16.6 Å². The Morgan fingerprint density at radius 2 is 1.73 bits per heavy atom. The predicted octanol–water partition coefficient (Wildman–Crippen LogP) is 2.55. The van der Waals surface area contributed by atoms with Gasteiger partial charge < -0.3 is 24.6 Å². The Morgan fingerprint density at radius 3 is 2.27 bits per heavy atom. The van der Waals surface area contributed by atoms with E-state index in [9.17, 15) is 9.59 Å². The topological polar surface area (TPSA) is 93.4 Å². The van der Waals surface area contributed by atoms with Crippen LogP contribution in [0.3, 0.4) is 0 Å². The fraction of sp³-hybridized carbons (Fsp3) is 0.842. The van der Waals surface area contributed by atoms with E-state index in [1.54, 1.807) is 0 Å². The quantitative estimate of drug-likeness (QED) is 0.185. The van der Waals surface area contributed by atoms with E-state index in [0.717, 1.165) is 14.4 Å². The zero-order valence-electron chi connectivity index (χ0n) is 17.3. The van der Waals surface area contributed by atoms with Crippen molar-refractivity contribution in [2.45, 2.75) is 78.4 Å². The Balaban J connectivity index is 4.27. The van der Waals surface area contributed by atoms with Crippen molar-refractivity contribution in [3.05, 3.63) is 0 Å². The summed E-state index contributed by atoms with van der Waals surface area (Å²) in [5.41, 5.74) is 1.51. The molecule has 7 heteroatoms. The number of rotatable bonds is 14. The van der Waals surface area contributed by atoms with Gasteiger partial charge in [-0.1, -0.05) is 13.8 Å². The molecule has 0 spiro atoms. The number of carbonyl (C=O) groups excluding carboxylic acids is 2. The maximum atomic E-state index is 12.2. The number of nitrogens with one attached hydrogen (secondary N) is 2. The van der Waals surface area contributed by atoms with E-state index >= 15 is 0 Å². The molecule has 0 aliphatic heterocycles. The molecule has 0 atom stereocenters. The summed E-state index contributed by atoms with van der Waals surface area (Å²) in [6.07, 6.45) is 8.78. The minimum atomic E-state index is -0.384. The molecule has 26 heavy (non-hydrogen) atoms. The number of hydrogen-bond donors (Lipinski definition) is 3. The Bertz CT molecular complexity index is 477. The van der Waals surface area contributed by atoms with Gasteiger partial charge in [0.2, 0.25) is 5.91 Å². The van der Waals surface area contributed by atoms with E-state index < -0.39 is 0 Å². The van der Waals surface area contributed by atoms with Gasteiger partial charge in [0.1, 0.15) is 5.78 Å². The lowest BCUT2D eigenvalue weighted by Crippen LogP contribution is -2.48. The van der Waals surface area contributed by atoms with E-state index in [1.807, 2.05) is 27.7 Å². The average molecular weight is 386 g/mol. The van der Waals surface area contributed by atoms with Crippen molar-refractivity contribution in [3.8, 4) is 0 Å². The number of Topliss-reactive ketones (excluding diaryl/α,β-unsaturated/α-hetero) is 1. The fourth-order valence-electron chi connectivity index (χ4n) is 2.60. The first-order valence-electron chi connectivity index (χ1n) is 9.09. The lowest BCUT2D eigenvalue weighted by Gasteiger charge is -2.30. The molecule has 0 aliphatic rings. The molecule has 0 aromatic heterocycles. The lowest BCUT2D eigenvalue weighted by molar-refractivity contribution is -0.124. The Kier molecular flexibility index (Phi) is 10.8. The van der Waals surface area contributed by atoms with Crippen molar-refractivity contribution >= 4 is 26.2 Å². The number of ketones is 1. The highest BCUT2D eigenvalue weighted by atomic mass is 31.1. The predicted molar refractivity (Wildman–Crippen MR) is 110 cm³/mol. The Morgan fingerprint density at radius 1 is 1.12 bits per heavy atom. The lowest BCUT2D eigenvalue weighted by atomic mass is 9.87. The summed E-state index contributed by atoms with van der Waals surface area (Å²) >= 11 is 0. The second-order valence-corrected chi connectivity index (χ2v) is 9.57. The number of amides is 1. The molecule has 0 fully saturated rings. The standard InChI is InChI=1S/C19H37N3O3P/c1-17(2,14-26-7)12-15(23)8-9-19(5,6)25-11-10-18(3,4)22-16(24)13-21-20/h7,21H,8-14,20H2,1-6H3,(H,22,24)/q-1. The largest absolute Gasteiger partial charge is 0.485 e. The van der Waals surface area contributed by atoms with Crippen LogP contribution in [0.15, 0.2) is 0 Å². The second-order valence-electron chi connectivity index (χ2n) is 8.89. The van der Waals surface area contributed by atoms with E-state index in [1.165, 1.54) is 0 Å². The molecule has 0 heterocycles. The molecule has 152 valence electrons. The summed E-state index contributed by atoms with van der Waals surface area (Å²) in [5, 5.41) is 2.90. The highest BCUT2D eigenvalue weighted by molar-refractivity contribution is 7.36. The third kappa shape index (κ3) is 12.5. The Hall–Kier alpha value is -0.810. The van der Waals surface area contributed by atoms with Crippen LogP contribution >= 0.6 is 8.20 Å². The third-order valence-electron chi connectivity index (χ3n) is 4.16. The maximum Gasteiger partial charge on any atom is 0.235 e. The first-order chi connectivity index (χ1) is 11.8. The second kappa shape index (κ2) is 11.1. The third-order valence-corrected chi connectivity index (χ3v) is 5.20. The molecule has 6 nitrogen and oxygen atoms in total. The van der Waals surface area contributed by atoms with Gasteiger partial charge in [-0.25, -0.2) is 0 Å². The number of carbonyl (C=O) groups is 2. The van der Waals surface area contributed by atoms with Gasteiger partial charge in [0.15, 0.2) is 0 Å². The van der Waals surface area contributed by atoms with Crippen LogP contribution in [0.25, 0.3) is 0 Å². The molecular weight excluding hydrogens is 349 g/mol. The first-order valence-corrected chi connectivity index (χ1v) is 10.2. The molecule has 0 aromatic rings. The normalized spacial score (nSPS) is 13.0. The van der Waals surface area contributed by atoms with Crippen molar-refractivity contribution in [1.29, 1.82) is 0 Å². The van der Waals surface area contributed by atoms with E-state index in [4.69, 9.17) is 16.9 Å². The summed E-state index contributed by atoms with van der Waals surface area (Å²) < 4.78 is 5.97. The van der Waals surface area contributed by atoms with Crippen LogP contribution in [0.1, 0.15) is 67.2 Å². The molecule has 0 unspecified atom stereocenters. The molecule has 4 N–H and O–H groups in total. The van der Waals surface area contributed by atoms with Crippen LogP contribution in [0.4, 0.5) is 0 Å². The molecule has 0 rings (SSSR count). The van der Waals surface area contributed by atoms with Gasteiger partial charge in [-0.15, -0.1) is 0 Å². The molecule has 0 aromatic carbocycles. The average Bonchev–Trinajstić information content (AvgIpc) is 2.43. The van der Waals surface area contributed by atoms with E-state index in [0.29, 0.717) is 32.3 Å². The molecular formula is C19H37N3O3P-. The number of hydrogen-bond acceptors (Lipinski definition) is 5. The molecule has 0 saturated heterocycles. The first kappa shape index (κ1) is 25.2. The van der Waals surface area contributed by atoms with Gasteiger partial charge in [-0.2, -0.15) is 0 Å². The number of nitrogens with two attached hydrogens (primary N) is 1. The zero-order chi connectivity index (χ0) is 20.4. The highest BCUT2D eigenvalue weighted by Gasteiger charge is 2.25. The molecule has 0 saturated carbocycles. The number of hydrazine groups is 1. The fourth-order valence-corrected chi connectivity index (χ4v) is 3.20. The smallest absolute Gasteiger partial charge is 0.235 e. The van der Waals surface area contributed by atoms with Crippen LogP contribution in [0, 0.1) is 5.41 Å². The zero-order valence-corrected chi connectivity index (χ0v) is 18.2. The van der Waals surface area contributed by atoms with E-state index in [2.05, 4.69) is 24.6 Å². The maximum absolute atomic E-state index is 12.2. The van der Waals surface area contributed by atoms with Crippen molar-refractivity contribution in [2.75, 3.05) is 19.3 Å². The van der Waals surface area contributed by atoms with Gasteiger partial charge in [-0.3, -0.25) is 20.9 Å². The highest BCUT2D eigenvalue weighted by Crippen LogP contribution is 2.27. The molecule has 0 aliphatic carbocycles. The number of ether oxygens (including phenoxy) is 1. The molecule has 0 radical (unpaired) electrons. The SMILES string of the molecule is [CH-]=PCC(C)(C)CC(=O)CCC(C)(C)OCCC(C)(C)NC(=O)CNN. The van der Waals surface area contributed by atoms with Crippen LogP contribution in [-0.2, 0) is 14.3 Å². The van der Waals surface area contributed by atoms with Crippen LogP contribution in [-0.4, -0.2) is 48.4 Å². The van der Waals surface area contributed by atoms with Crippen LogP contribution in [0.2, 0.25) is 0 Å². The van der Waals surface area contributed by atoms with Gasteiger partial charge in [0, 0.05) is 25.0 Å². The van der Waals surface area contributed by atoms with Crippen molar-refractivity contribution in [2.24, 2.45) is 11.3 Å². The van der Waals surface area contributed by atoms with Gasteiger partial charge in [0.05, 0.1) is 12.1 Å². The minimum Gasteiger partial charge on any atom is -0.485 e. The van der Waals surface area contributed by atoms with Crippen molar-refractivity contribution in [3.63, 3.8) is 0 Å². The monoisotopic (exact) mass is 386 g/mol. The Labute approximate surface area is 160 Å². The summed E-state index contributed by atoms with van der Waals surface area (Å²) in [5.74, 6) is 5.24. The van der Waals surface area contributed by atoms with Gasteiger partial charge >= 0.3 is 0 Å². The minimum absolute atomic E-state index is 0.0565. The van der Waals surface area contributed by atoms with E-state index in [-0.39, 0.29) is 34.8 Å². The van der Waals surface area contributed by atoms with Crippen molar-refractivity contribution in [1.82, 2.24) is 10.7 Å². The summed E-state index contributed by atoms with van der Waals surface area (Å²) in [6, 6.07) is 0. The van der Waals surface area contributed by atoms with Gasteiger partial charge in [0.25, 0.3) is 0 Å². The van der Waals surface area contributed by atoms with Gasteiger partial charge in [-0.05, 0) is 52.1 Å². The summed E-state index contributed by atoms with van der Waals surface area (Å²) in [6.45, 7) is 12.6. The van der Waals surface area contributed by atoms with Crippen LogP contribution in [0.5, 0.6) is 0 Å². The van der Waals surface area contributed by atoms with Crippen molar-refractivity contribution < 1.29 is 14.3 Å².